The maximum atomic E-state index is 12.0. The van der Waals surface area contributed by atoms with E-state index in [2.05, 4.69) is 21.2 Å². The molecule has 2 atom stereocenters. The lowest BCUT2D eigenvalue weighted by molar-refractivity contribution is -0.143. The third-order valence-corrected chi connectivity index (χ3v) is 4.45. The zero-order valence-corrected chi connectivity index (χ0v) is 12.8. The van der Waals surface area contributed by atoms with E-state index in [4.69, 9.17) is 5.11 Å². The normalized spacial score (nSPS) is 14.3. The van der Waals surface area contributed by atoms with Crippen LogP contribution in [0.1, 0.15) is 31.6 Å². The minimum atomic E-state index is -1.00. The molecule has 4 nitrogen and oxygen atoms in total. The number of halogens is 1. The van der Waals surface area contributed by atoms with Crippen LogP contribution >= 0.6 is 27.3 Å². The zero-order chi connectivity index (χ0) is 13.9. The van der Waals surface area contributed by atoms with Gasteiger partial charge in [-0.3, -0.25) is 4.79 Å². The van der Waals surface area contributed by atoms with Crippen molar-refractivity contribution < 1.29 is 14.7 Å². The number of hydrogen-bond acceptors (Lipinski definition) is 3. The lowest BCUT2D eigenvalue weighted by atomic mass is 10.0. The summed E-state index contributed by atoms with van der Waals surface area (Å²) in [7, 11) is 0. The van der Waals surface area contributed by atoms with E-state index in [0.29, 0.717) is 0 Å². The summed E-state index contributed by atoms with van der Waals surface area (Å²) in [5.41, 5.74) is 0. The van der Waals surface area contributed by atoms with E-state index < -0.39 is 12.0 Å². The first-order chi connectivity index (χ1) is 8.32. The molecule has 0 aliphatic heterocycles. The van der Waals surface area contributed by atoms with E-state index >= 15 is 0 Å². The van der Waals surface area contributed by atoms with Gasteiger partial charge in [-0.15, -0.1) is 11.3 Å². The average Bonchev–Trinajstić information content (AvgIpc) is 2.70. The van der Waals surface area contributed by atoms with Crippen LogP contribution in [0.2, 0.25) is 0 Å². The van der Waals surface area contributed by atoms with E-state index in [9.17, 15) is 9.59 Å². The molecular formula is C12H16BrNO3S. The minimum Gasteiger partial charge on any atom is -0.480 e. The van der Waals surface area contributed by atoms with Gasteiger partial charge in [0.25, 0.3) is 0 Å². The van der Waals surface area contributed by atoms with Crippen molar-refractivity contribution in [2.45, 2.75) is 32.7 Å². The number of hydrogen-bond donors (Lipinski definition) is 2. The number of rotatable bonds is 5. The summed E-state index contributed by atoms with van der Waals surface area (Å²) >= 11 is 4.82. The molecular weight excluding hydrogens is 318 g/mol. The molecule has 0 fully saturated rings. The molecule has 18 heavy (non-hydrogen) atoms. The summed E-state index contributed by atoms with van der Waals surface area (Å²) in [6.07, 6.45) is 0. The molecule has 0 aliphatic carbocycles. The third kappa shape index (κ3) is 3.81. The van der Waals surface area contributed by atoms with Gasteiger partial charge in [0.1, 0.15) is 6.04 Å². The highest BCUT2D eigenvalue weighted by molar-refractivity contribution is 9.11. The van der Waals surface area contributed by atoms with Crippen LogP contribution < -0.4 is 5.32 Å². The average molecular weight is 334 g/mol. The Kier molecular flexibility index (Phi) is 5.34. The van der Waals surface area contributed by atoms with E-state index in [1.807, 2.05) is 12.1 Å². The lowest BCUT2D eigenvalue weighted by Gasteiger charge is -2.20. The third-order valence-electron chi connectivity index (χ3n) is 2.64. The molecule has 1 rings (SSSR count). The Bertz CT molecular complexity index is 444. The molecule has 1 heterocycles. The summed E-state index contributed by atoms with van der Waals surface area (Å²) in [4.78, 5) is 23.9. The monoisotopic (exact) mass is 333 g/mol. The molecule has 0 aliphatic rings. The number of amides is 1. The van der Waals surface area contributed by atoms with Crippen molar-refractivity contribution in [3.05, 3.63) is 20.8 Å². The number of carboxylic acids is 1. The van der Waals surface area contributed by atoms with Crippen LogP contribution in [0.4, 0.5) is 0 Å². The number of carboxylic acid groups (broad SMARTS) is 1. The van der Waals surface area contributed by atoms with E-state index in [-0.39, 0.29) is 17.7 Å². The fourth-order valence-electron chi connectivity index (χ4n) is 1.48. The predicted molar refractivity (Wildman–Crippen MR) is 74.8 cm³/mol. The van der Waals surface area contributed by atoms with Crippen LogP contribution in [-0.2, 0) is 9.59 Å². The molecule has 2 N–H and O–H groups in total. The van der Waals surface area contributed by atoms with Crippen LogP contribution in [0.3, 0.4) is 0 Å². The van der Waals surface area contributed by atoms with E-state index in [0.717, 1.165) is 8.66 Å². The minimum absolute atomic E-state index is 0.145. The fraction of sp³-hybridized carbons (Fsp3) is 0.500. The van der Waals surface area contributed by atoms with Crippen LogP contribution in [-0.4, -0.2) is 23.0 Å². The van der Waals surface area contributed by atoms with Crippen molar-refractivity contribution in [1.82, 2.24) is 5.32 Å². The first-order valence-electron chi connectivity index (χ1n) is 5.61. The topological polar surface area (TPSA) is 66.4 Å². The van der Waals surface area contributed by atoms with E-state index in [1.54, 1.807) is 20.8 Å². The van der Waals surface area contributed by atoms with Gasteiger partial charge in [-0.2, -0.15) is 0 Å². The van der Waals surface area contributed by atoms with Crippen LogP contribution in [0.25, 0.3) is 0 Å². The van der Waals surface area contributed by atoms with Gasteiger partial charge < -0.3 is 10.4 Å². The summed E-state index contributed by atoms with van der Waals surface area (Å²) in [6, 6.07) is 2.90. The molecule has 0 radical (unpaired) electrons. The van der Waals surface area contributed by atoms with Gasteiger partial charge >= 0.3 is 5.97 Å². The maximum Gasteiger partial charge on any atom is 0.326 e. The first kappa shape index (κ1) is 15.2. The smallest absolute Gasteiger partial charge is 0.326 e. The van der Waals surface area contributed by atoms with Gasteiger partial charge in [-0.05, 0) is 40.9 Å². The lowest BCUT2D eigenvalue weighted by Crippen LogP contribution is -2.45. The van der Waals surface area contributed by atoms with Gasteiger partial charge in [-0.25, -0.2) is 4.79 Å². The Morgan fingerprint density at radius 2 is 1.94 bits per heavy atom. The van der Waals surface area contributed by atoms with Gasteiger partial charge in [0.15, 0.2) is 0 Å². The second-order valence-electron chi connectivity index (χ2n) is 4.43. The molecule has 1 aromatic rings. The highest BCUT2D eigenvalue weighted by atomic mass is 79.9. The van der Waals surface area contributed by atoms with Crippen LogP contribution in [0.5, 0.6) is 0 Å². The second kappa shape index (κ2) is 6.33. The second-order valence-corrected chi connectivity index (χ2v) is 6.93. The number of aliphatic carboxylic acids is 1. The number of thiophene rings is 1. The number of nitrogens with one attached hydrogen (secondary N) is 1. The van der Waals surface area contributed by atoms with Crippen molar-refractivity contribution in [1.29, 1.82) is 0 Å². The Morgan fingerprint density at radius 1 is 1.33 bits per heavy atom. The quantitative estimate of drug-likeness (QED) is 0.870. The molecule has 100 valence electrons. The SMILES string of the molecule is CC(C(=O)N[C@H](C(=O)O)C(C)C)c1ccc(Br)s1. The Morgan fingerprint density at radius 3 is 2.33 bits per heavy atom. The highest BCUT2D eigenvalue weighted by Gasteiger charge is 2.26. The molecule has 0 saturated carbocycles. The summed E-state index contributed by atoms with van der Waals surface area (Å²) in [5.74, 6) is -1.75. The first-order valence-corrected chi connectivity index (χ1v) is 7.22. The summed E-state index contributed by atoms with van der Waals surface area (Å²) in [6.45, 7) is 5.31. The number of carbonyl (C=O) groups is 2. The zero-order valence-electron chi connectivity index (χ0n) is 10.4. The van der Waals surface area contributed by atoms with Crippen molar-refractivity contribution in [3.8, 4) is 0 Å². The van der Waals surface area contributed by atoms with E-state index in [1.165, 1.54) is 11.3 Å². The van der Waals surface area contributed by atoms with Gasteiger partial charge in [0.2, 0.25) is 5.91 Å². The van der Waals surface area contributed by atoms with Gasteiger partial charge in [0, 0.05) is 4.88 Å². The molecule has 1 aromatic heterocycles. The highest BCUT2D eigenvalue weighted by Crippen LogP contribution is 2.28. The fourth-order valence-corrected chi connectivity index (χ4v) is 2.96. The van der Waals surface area contributed by atoms with Crippen LogP contribution in [0, 0.1) is 5.92 Å². The number of carbonyl (C=O) groups excluding carboxylic acids is 1. The summed E-state index contributed by atoms with van der Waals surface area (Å²) in [5, 5.41) is 11.6. The molecule has 1 amide bonds. The standard InChI is InChI=1S/C12H16BrNO3S/c1-6(2)10(12(16)17)14-11(15)7(3)8-4-5-9(13)18-8/h4-7,10H,1-3H3,(H,14,15)(H,16,17)/t7?,10-/m0/s1. The van der Waals surface area contributed by atoms with Crippen molar-refractivity contribution in [2.75, 3.05) is 0 Å². The van der Waals surface area contributed by atoms with Crippen LogP contribution in [0.15, 0.2) is 15.9 Å². The Balaban J connectivity index is 2.73. The van der Waals surface area contributed by atoms with Crippen molar-refractivity contribution in [2.24, 2.45) is 5.92 Å². The largest absolute Gasteiger partial charge is 0.480 e. The molecule has 6 heteroatoms. The van der Waals surface area contributed by atoms with Crippen molar-refractivity contribution in [3.63, 3.8) is 0 Å². The maximum absolute atomic E-state index is 12.0. The molecule has 0 aromatic carbocycles. The predicted octanol–water partition coefficient (Wildman–Crippen LogP) is 2.84. The Labute approximate surface area is 119 Å². The molecule has 0 bridgehead atoms. The molecule has 0 spiro atoms. The van der Waals surface area contributed by atoms with Gasteiger partial charge in [-0.1, -0.05) is 13.8 Å². The Hall–Kier alpha value is -0.880. The molecule has 0 saturated heterocycles. The van der Waals surface area contributed by atoms with Crippen molar-refractivity contribution >= 4 is 39.1 Å². The molecule has 1 unspecified atom stereocenters. The summed E-state index contributed by atoms with van der Waals surface area (Å²) < 4.78 is 0.954. The van der Waals surface area contributed by atoms with Gasteiger partial charge in [0.05, 0.1) is 9.70 Å².